The first kappa shape index (κ1) is 9.06. The number of hydrogen-bond donors (Lipinski definition) is 0. The van der Waals surface area contributed by atoms with E-state index >= 15 is 0 Å². The van der Waals surface area contributed by atoms with Crippen molar-refractivity contribution in [1.29, 1.82) is 5.26 Å². The van der Waals surface area contributed by atoms with Crippen molar-refractivity contribution in [3.63, 3.8) is 0 Å². The summed E-state index contributed by atoms with van der Waals surface area (Å²) in [5.41, 5.74) is 1.72. The van der Waals surface area contributed by atoms with E-state index in [1.807, 2.05) is 18.2 Å². The maximum atomic E-state index is 8.78. The number of anilines is 1. The second-order valence-electron chi connectivity index (χ2n) is 4.44. The van der Waals surface area contributed by atoms with Crippen molar-refractivity contribution in [3.05, 3.63) is 28.8 Å². The lowest BCUT2D eigenvalue weighted by atomic mass is 10.2. The van der Waals surface area contributed by atoms with E-state index in [4.69, 9.17) is 16.9 Å². The smallest absolute Gasteiger partial charge is 0.101 e. The number of hydrogen-bond acceptors (Lipinski definition) is 2. The van der Waals surface area contributed by atoms with Crippen LogP contribution in [0.1, 0.15) is 12.0 Å². The van der Waals surface area contributed by atoms with Crippen LogP contribution >= 0.6 is 11.6 Å². The van der Waals surface area contributed by atoms with Crippen molar-refractivity contribution in [3.8, 4) is 6.07 Å². The second-order valence-corrected chi connectivity index (χ2v) is 4.84. The van der Waals surface area contributed by atoms with Gasteiger partial charge in [0.25, 0.3) is 0 Å². The summed E-state index contributed by atoms with van der Waals surface area (Å²) in [6.45, 7) is 2.32. The van der Waals surface area contributed by atoms with Crippen molar-refractivity contribution in [1.82, 2.24) is 0 Å². The maximum Gasteiger partial charge on any atom is 0.101 e. The molecule has 3 rings (SSSR count). The predicted octanol–water partition coefficient (Wildman–Crippen LogP) is 2.67. The molecule has 1 saturated heterocycles. The largest absolute Gasteiger partial charge is 0.371 e. The van der Waals surface area contributed by atoms with Crippen LogP contribution in [0.4, 0.5) is 5.69 Å². The summed E-state index contributed by atoms with van der Waals surface area (Å²) in [7, 11) is 0. The van der Waals surface area contributed by atoms with E-state index in [9.17, 15) is 0 Å². The van der Waals surface area contributed by atoms with Gasteiger partial charge in [-0.25, -0.2) is 0 Å². The highest BCUT2D eigenvalue weighted by molar-refractivity contribution is 6.32. The molecule has 0 aromatic heterocycles. The van der Waals surface area contributed by atoms with Gasteiger partial charge in [0.1, 0.15) is 6.07 Å². The van der Waals surface area contributed by atoms with Crippen LogP contribution in [0.2, 0.25) is 5.02 Å². The van der Waals surface area contributed by atoms with E-state index in [0.717, 1.165) is 30.6 Å². The average molecular weight is 219 g/mol. The van der Waals surface area contributed by atoms with Crippen LogP contribution in [0, 0.1) is 23.2 Å². The molecule has 1 saturated carbocycles. The van der Waals surface area contributed by atoms with Gasteiger partial charge in [0, 0.05) is 18.8 Å². The van der Waals surface area contributed by atoms with Crippen molar-refractivity contribution < 1.29 is 0 Å². The molecular formula is C12H11ClN2. The monoisotopic (exact) mass is 218 g/mol. The molecule has 3 heteroatoms. The zero-order valence-corrected chi connectivity index (χ0v) is 9.04. The van der Waals surface area contributed by atoms with Crippen molar-refractivity contribution in [2.24, 2.45) is 11.8 Å². The predicted molar refractivity (Wildman–Crippen MR) is 60.0 cm³/mol. The topological polar surface area (TPSA) is 27.0 Å². The summed E-state index contributed by atoms with van der Waals surface area (Å²) in [4.78, 5) is 2.37. The number of nitriles is 1. The Balaban J connectivity index is 1.87. The lowest BCUT2D eigenvalue weighted by Crippen LogP contribution is -2.21. The Hall–Kier alpha value is -1.20. The normalized spacial score (nSPS) is 27.3. The summed E-state index contributed by atoms with van der Waals surface area (Å²) in [5, 5.41) is 9.34. The van der Waals surface area contributed by atoms with Gasteiger partial charge in [0.05, 0.1) is 10.6 Å². The molecule has 76 valence electrons. The fraction of sp³-hybridized carbons (Fsp3) is 0.417. The molecule has 1 aromatic rings. The molecule has 1 aromatic carbocycles. The average Bonchev–Trinajstić information content (AvgIpc) is 2.86. The Bertz CT molecular complexity index is 439. The number of rotatable bonds is 1. The van der Waals surface area contributed by atoms with Crippen LogP contribution in [-0.2, 0) is 0 Å². The first-order valence-corrected chi connectivity index (χ1v) is 5.60. The van der Waals surface area contributed by atoms with Crippen molar-refractivity contribution in [2.75, 3.05) is 18.0 Å². The third kappa shape index (κ3) is 1.48. The Morgan fingerprint density at radius 2 is 2.07 bits per heavy atom. The molecule has 2 fully saturated rings. The molecule has 0 spiro atoms. The van der Waals surface area contributed by atoms with Gasteiger partial charge in [-0.1, -0.05) is 11.6 Å². The third-order valence-electron chi connectivity index (χ3n) is 3.42. The van der Waals surface area contributed by atoms with E-state index in [0.29, 0.717) is 10.6 Å². The first-order valence-electron chi connectivity index (χ1n) is 5.22. The summed E-state index contributed by atoms with van der Waals surface area (Å²) in [5.74, 6) is 1.83. The number of nitrogens with zero attached hydrogens (tertiary/aromatic N) is 2. The lowest BCUT2D eigenvalue weighted by Gasteiger charge is -2.20. The van der Waals surface area contributed by atoms with Gasteiger partial charge in [-0.2, -0.15) is 5.26 Å². The standard InChI is InChI=1S/C12H11ClN2/c13-12-4-11(2-1-8(12)5-14)15-6-9-3-10(9)7-15/h1-2,4,9-10H,3,6-7H2. The minimum absolute atomic E-state index is 0.560. The van der Waals surface area contributed by atoms with Crippen LogP contribution in [0.15, 0.2) is 18.2 Å². The fourth-order valence-electron chi connectivity index (χ4n) is 2.40. The zero-order chi connectivity index (χ0) is 10.4. The van der Waals surface area contributed by atoms with Gasteiger partial charge < -0.3 is 4.90 Å². The highest BCUT2D eigenvalue weighted by Gasteiger charge is 2.45. The lowest BCUT2D eigenvalue weighted by molar-refractivity contribution is 0.820. The second kappa shape index (κ2) is 3.15. The highest BCUT2D eigenvalue weighted by atomic mass is 35.5. The fourth-order valence-corrected chi connectivity index (χ4v) is 2.62. The third-order valence-corrected chi connectivity index (χ3v) is 3.73. The quantitative estimate of drug-likeness (QED) is 0.725. The molecule has 15 heavy (non-hydrogen) atoms. The minimum Gasteiger partial charge on any atom is -0.371 e. The highest BCUT2D eigenvalue weighted by Crippen LogP contribution is 2.46. The SMILES string of the molecule is N#Cc1ccc(N2CC3CC3C2)cc1Cl. The summed E-state index contributed by atoms with van der Waals surface area (Å²) in [6, 6.07) is 7.79. The van der Waals surface area contributed by atoms with E-state index < -0.39 is 0 Å². The summed E-state index contributed by atoms with van der Waals surface area (Å²) in [6.07, 6.45) is 1.40. The van der Waals surface area contributed by atoms with Crippen molar-refractivity contribution >= 4 is 17.3 Å². The van der Waals surface area contributed by atoms with Crippen LogP contribution in [-0.4, -0.2) is 13.1 Å². The van der Waals surface area contributed by atoms with Gasteiger partial charge in [0.2, 0.25) is 0 Å². The van der Waals surface area contributed by atoms with E-state index in [-0.39, 0.29) is 0 Å². The van der Waals surface area contributed by atoms with Gasteiger partial charge in [-0.15, -0.1) is 0 Å². The number of fused-ring (bicyclic) bond motifs is 1. The molecule has 0 bridgehead atoms. The molecular weight excluding hydrogens is 208 g/mol. The molecule has 2 nitrogen and oxygen atoms in total. The Morgan fingerprint density at radius 1 is 1.33 bits per heavy atom. The Kier molecular flexibility index (Phi) is 1.90. The van der Waals surface area contributed by atoms with Crippen LogP contribution < -0.4 is 4.90 Å². The Labute approximate surface area is 94.1 Å². The molecule has 1 heterocycles. The molecule has 0 N–H and O–H groups in total. The molecule has 2 aliphatic rings. The Morgan fingerprint density at radius 3 is 2.67 bits per heavy atom. The molecule has 1 aliphatic carbocycles. The number of halogens is 1. The number of benzene rings is 1. The summed E-state index contributed by atoms with van der Waals surface area (Å²) < 4.78 is 0. The molecule has 2 atom stereocenters. The number of piperidine rings is 1. The molecule has 0 amide bonds. The maximum absolute atomic E-state index is 8.78. The van der Waals surface area contributed by atoms with Crippen LogP contribution in [0.25, 0.3) is 0 Å². The molecule has 0 radical (unpaired) electrons. The van der Waals surface area contributed by atoms with E-state index in [2.05, 4.69) is 11.0 Å². The molecule has 2 unspecified atom stereocenters. The first-order chi connectivity index (χ1) is 7.28. The summed E-state index contributed by atoms with van der Waals surface area (Å²) >= 11 is 6.01. The van der Waals surface area contributed by atoms with Gasteiger partial charge in [0.15, 0.2) is 0 Å². The van der Waals surface area contributed by atoms with Gasteiger partial charge in [-0.05, 0) is 36.5 Å². The van der Waals surface area contributed by atoms with Gasteiger partial charge in [-0.3, -0.25) is 0 Å². The van der Waals surface area contributed by atoms with Gasteiger partial charge >= 0.3 is 0 Å². The van der Waals surface area contributed by atoms with Crippen LogP contribution in [0.5, 0.6) is 0 Å². The van der Waals surface area contributed by atoms with Crippen molar-refractivity contribution in [2.45, 2.75) is 6.42 Å². The van der Waals surface area contributed by atoms with Crippen LogP contribution in [0.3, 0.4) is 0 Å². The van der Waals surface area contributed by atoms with E-state index in [1.54, 1.807) is 0 Å². The minimum atomic E-state index is 0.560. The zero-order valence-electron chi connectivity index (χ0n) is 8.28. The molecule has 1 aliphatic heterocycles. The van der Waals surface area contributed by atoms with E-state index in [1.165, 1.54) is 6.42 Å².